The molecule has 0 unspecified atom stereocenters. The van der Waals surface area contributed by atoms with Crippen molar-refractivity contribution in [1.82, 2.24) is 0 Å². The summed E-state index contributed by atoms with van der Waals surface area (Å²) in [5.74, 6) is 0.000556. The first-order valence-electron chi connectivity index (χ1n) is 10.5. The van der Waals surface area contributed by atoms with E-state index < -0.39 is 0 Å². The zero-order valence-corrected chi connectivity index (χ0v) is 19.5. The van der Waals surface area contributed by atoms with E-state index in [0.29, 0.717) is 16.6 Å². The lowest BCUT2D eigenvalue weighted by Gasteiger charge is -2.25. The van der Waals surface area contributed by atoms with Crippen LogP contribution in [0, 0.1) is 5.41 Å². The number of allylic oxidation sites excluding steroid dienone is 4. The van der Waals surface area contributed by atoms with Gasteiger partial charge in [0.1, 0.15) is 6.29 Å². The second kappa shape index (κ2) is 16.0. The van der Waals surface area contributed by atoms with Crippen LogP contribution in [0.2, 0.25) is 0 Å². The molecule has 0 aromatic heterocycles. The summed E-state index contributed by atoms with van der Waals surface area (Å²) in [6, 6.07) is 9.24. The van der Waals surface area contributed by atoms with Crippen molar-refractivity contribution < 1.29 is 9.59 Å². The first kappa shape index (κ1) is 27.1. The maximum Gasteiger partial charge on any atom is 0.192 e. The van der Waals surface area contributed by atoms with Crippen LogP contribution in [-0.4, -0.2) is 18.3 Å². The van der Waals surface area contributed by atoms with E-state index in [0.717, 1.165) is 12.7 Å². The Morgan fingerprint density at radius 1 is 1.17 bits per heavy atom. The van der Waals surface area contributed by atoms with Crippen LogP contribution in [0.1, 0.15) is 76.1 Å². The Kier molecular flexibility index (Phi) is 15.0. The number of carbonyl (C=O) groups excluding carboxylic acids is 2. The van der Waals surface area contributed by atoms with Gasteiger partial charge in [0.05, 0.1) is 0 Å². The largest absolute Gasteiger partial charge is 0.304 e. The molecular formula is C26H38O2S. The quantitative estimate of drug-likeness (QED) is 0.143. The van der Waals surface area contributed by atoms with Gasteiger partial charge in [0.2, 0.25) is 0 Å². The molecule has 0 heterocycles. The van der Waals surface area contributed by atoms with E-state index in [4.69, 9.17) is 4.79 Å². The van der Waals surface area contributed by atoms with Gasteiger partial charge in [0.15, 0.2) is 5.78 Å². The molecule has 0 N–H and O–H groups in total. The minimum absolute atomic E-state index is 0.000556. The summed E-state index contributed by atoms with van der Waals surface area (Å²) >= 11 is 1.66. The summed E-state index contributed by atoms with van der Waals surface area (Å²) in [4.78, 5) is 21.9. The number of aldehydes is 1. The Bertz CT molecular complexity index is 647. The number of carbonyl (C=O) groups is 2. The Morgan fingerprint density at radius 2 is 1.72 bits per heavy atom. The van der Waals surface area contributed by atoms with Gasteiger partial charge in [-0.1, -0.05) is 76.1 Å². The van der Waals surface area contributed by atoms with E-state index in [2.05, 4.69) is 33.1 Å². The van der Waals surface area contributed by atoms with E-state index in [1.54, 1.807) is 11.8 Å². The van der Waals surface area contributed by atoms with E-state index in [-0.39, 0.29) is 5.78 Å². The molecule has 0 aliphatic heterocycles. The summed E-state index contributed by atoms with van der Waals surface area (Å²) in [5, 5.41) is 0. The summed E-state index contributed by atoms with van der Waals surface area (Å²) in [6.45, 7) is 13.5. The molecule has 29 heavy (non-hydrogen) atoms. The normalized spacial score (nSPS) is 14.6. The molecule has 1 fully saturated rings. The molecule has 0 bridgehead atoms. The first-order valence-corrected chi connectivity index (χ1v) is 11.7. The molecule has 1 aliphatic rings. The fourth-order valence-corrected chi connectivity index (χ4v) is 4.02. The average Bonchev–Trinajstić information content (AvgIpc) is 3.22. The van der Waals surface area contributed by atoms with Gasteiger partial charge in [-0.05, 0) is 55.3 Å². The molecule has 1 aromatic rings. The zero-order valence-electron chi connectivity index (χ0n) is 18.7. The molecule has 0 spiro atoms. The van der Waals surface area contributed by atoms with Crippen LogP contribution in [0.4, 0.5) is 0 Å². The van der Waals surface area contributed by atoms with E-state index in [1.807, 2.05) is 42.7 Å². The van der Waals surface area contributed by atoms with Gasteiger partial charge in [-0.3, -0.25) is 4.79 Å². The van der Waals surface area contributed by atoms with Crippen molar-refractivity contribution in [2.24, 2.45) is 5.41 Å². The van der Waals surface area contributed by atoms with Gasteiger partial charge < -0.3 is 4.79 Å². The lowest BCUT2D eigenvalue weighted by molar-refractivity contribution is -0.106. The van der Waals surface area contributed by atoms with Crippen molar-refractivity contribution in [3.05, 3.63) is 71.7 Å². The number of benzene rings is 1. The topological polar surface area (TPSA) is 34.1 Å². The maximum absolute atomic E-state index is 12.0. The molecule has 1 aliphatic carbocycles. The SMILES string of the molecule is C=C(/C=C(/CC)SC)C(=O)c1ccccc1.C=CCC1(CC)CCCC1.CC=O. The molecule has 2 nitrogen and oxygen atoms in total. The number of thioether (sulfide) groups is 1. The van der Waals surface area contributed by atoms with Crippen molar-refractivity contribution in [3.8, 4) is 0 Å². The van der Waals surface area contributed by atoms with Crippen molar-refractivity contribution in [3.63, 3.8) is 0 Å². The van der Waals surface area contributed by atoms with Gasteiger partial charge in [0, 0.05) is 11.1 Å². The summed E-state index contributed by atoms with van der Waals surface area (Å²) < 4.78 is 0. The lowest BCUT2D eigenvalue weighted by Crippen LogP contribution is -2.12. The van der Waals surface area contributed by atoms with Gasteiger partial charge in [0.25, 0.3) is 0 Å². The Hall–Kier alpha value is -1.87. The molecule has 0 saturated heterocycles. The third kappa shape index (κ3) is 10.5. The van der Waals surface area contributed by atoms with Crippen molar-refractivity contribution in [1.29, 1.82) is 0 Å². The highest BCUT2D eigenvalue weighted by Gasteiger charge is 2.29. The highest BCUT2D eigenvalue weighted by atomic mass is 32.2. The summed E-state index contributed by atoms with van der Waals surface area (Å²) in [6.07, 6.45) is 16.0. The number of hydrogen-bond donors (Lipinski definition) is 0. The maximum atomic E-state index is 12.0. The number of ketones is 1. The molecule has 1 saturated carbocycles. The monoisotopic (exact) mass is 414 g/mol. The Balaban J connectivity index is 0.000000514. The average molecular weight is 415 g/mol. The molecule has 0 radical (unpaired) electrons. The van der Waals surface area contributed by atoms with Crippen molar-refractivity contribution in [2.45, 2.75) is 65.7 Å². The fraction of sp³-hybridized carbons (Fsp3) is 0.462. The van der Waals surface area contributed by atoms with Crippen LogP contribution in [-0.2, 0) is 4.79 Å². The smallest absolute Gasteiger partial charge is 0.192 e. The zero-order chi connectivity index (χ0) is 22.1. The van der Waals surface area contributed by atoms with E-state index >= 15 is 0 Å². The molecule has 0 amide bonds. The molecule has 160 valence electrons. The fourth-order valence-electron chi connectivity index (χ4n) is 3.47. The standard InChI is InChI=1S/C14H16OS.C10H18.C2H4O/c1-4-13(16-3)10-11(2)14(15)12-8-6-5-7-9-12;1-3-7-10(4-2)8-5-6-9-10;1-2-3/h5-10H,2,4H2,1,3H3;3H,1,4-9H2,2H3;2H,1H3/b13-10-;;. The molecule has 2 rings (SSSR count). The van der Waals surface area contributed by atoms with Crippen LogP contribution < -0.4 is 0 Å². The lowest BCUT2D eigenvalue weighted by atomic mass is 9.80. The molecule has 0 atom stereocenters. The number of hydrogen-bond acceptors (Lipinski definition) is 3. The molecule has 1 aromatic carbocycles. The number of Topliss-reactive ketones (excluding diaryl/α,β-unsaturated/α-hetero) is 1. The van der Waals surface area contributed by atoms with E-state index in [1.165, 1.54) is 50.4 Å². The Morgan fingerprint density at radius 3 is 2.14 bits per heavy atom. The second-order valence-electron chi connectivity index (χ2n) is 7.18. The van der Waals surface area contributed by atoms with Crippen LogP contribution in [0.5, 0.6) is 0 Å². The van der Waals surface area contributed by atoms with Gasteiger partial charge in [-0.2, -0.15) is 0 Å². The molecule has 3 heteroatoms. The van der Waals surface area contributed by atoms with Crippen LogP contribution in [0.25, 0.3) is 0 Å². The van der Waals surface area contributed by atoms with E-state index in [9.17, 15) is 4.79 Å². The van der Waals surface area contributed by atoms with Gasteiger partial charge in [-0.25, -0.2) is 0 Å². The third-order valence-electron chi connectivity index (χ3n) is 5.27. The highest BCUT2D eigenvalue weighted by Crippen LogP contribution is 2.43. The van der Waals surface area contributed by atoms with Gasteiger partial charge in [-0.15, -0.1) is 18.3 Å². The van der Waals surface area contributed by atoms with Crippen LogP contribution in [0.3, 0.4) is 0 Å². The predicted molar refractivity (Wildman–Crippen MR) is 130 cm³/mol. The summed E-state index contributed by atoms with van der Waals surface area (Å²) in [5.41, 5.74) is 1.92. The van der Waals surface area contributed by atoms with Crippen molar-refractivity contribution in [2.75, 3.05) is 6.26 Å². The van der Waals surface area contributed by atoms with Gasteiger partial charge >= 0.3 is 0 Å². The molecular weight excluding hydrogens is 376 g/mol. The van der Waals surface area contributed by atoms with Crippen LogP contribution in [0.15, 0.2) is 66.1 Å². The number of rotatable bonds is 8. The predicted octanol–water partition coefficient (Wildman–Crippen LogP) is 7.82. The third-order valence-corrected chi connectivity index (χ3v) is 6.20. The summed E-state index contributed by atoms with van der Waals surface area (Å²) in [7, 11) is 0. The Labute approximate surface area is 182 Å². The second-order valence-corrected chi connectivity index (χ2v) is 8.11. The highest BCUT2D eigenvalue weighted by molar-refractivity contribution is 8.02. The minimum atomic E-state index is 0.000556. The van der Waals surface area contributed by atoms with Crippen molar-refractivity contribution >= 4 is 23.8 Å². The first-order chi connectivity index (χ1) is 13.9. The minimum Gasteiger partial charge on any atom is -0.304 e. The van der Waals surface area contributed by atoms with Crippen LogP contribution >= 0.6 is 11.8 Å².